The van der Waals surface area contributed by atoms with Gasteiger partial charge in [0.2, 0.25) is 0 Å². The molecule has 0 aliphatic rings. The van der Waals surface area contributed by atoms with Crippen LogP contribution in [0.25, 0.3) is 0 Å². The van der Waals surface area contributed by atoms with Crippen molar-refractivity contribution in [2.75, 3.05) is 11.9 Å². The Morgan fingerprint density at radius 1 is 1.29 bits per heavy atom. The molecular weight excluding hydrogens is 289 g/mol. The van der Waals surface area contributed by atoms with E-state index in [1.165, 1.54) is 12.4 Å². The van der Waals surface area contributed by atoms with Gasteiger partial charge in [-0.05, 0) is 19.4 Å². The molecule has 0 radical (unpaired) electrons. The van der Waals surface area contributed by atoms with Gasteiger partial charge in [0.1, 0.15) is 23.1 Å². The molecule has 0 spiro atoms. The van der Waals surface area contributed by atoms with Crippen molar-refractivity contribution in [3.05, 3.63) is 52.7 Å². The molecule has 2 rings (SSSR count). The summed E-state index contributed by atoms with van der Waals surface area (Å²) in [6, 6.07) is 6.64. The average Bonchev–Trinajstić information content (AvgIpc) is 2.48. The van der Waals surface area contributed by atoms with Crippen LogP contribution in [0.5, 0.6) is 0 Å². The Labute approximate surface area is 129 Å². The van der Waals surface area contributed by atoms with E-state index in [1.54, 1.807) is 12.1 Å². The first-order chi connectivity index (χ1) is 10.1. The number of anilines is 1. The standard InChI is InChI=1S/C16H19ClFN3/c1-4-7-13-15(17)19-10-20-16(13)21(3)11(2)12-8-5-6-9-14(12)18/h5-6,8-11H,4,7H2,1-3H3. The fourth-order valence-electron chi connectivity index (χ4n) is 2.36. The highest BCUT2D eigenvalue weighted by atomic mass is 35.5. The predicted octanol–water partition coefficient (Wildman–Crippen LogP) is 4.42. The van der Waals surface area contributed by atoms with Crippen molar-refractivity contribution in [1.29, 1.82) is 0 Å². The Kier molecular flexibility index (Phi) is 5.12. The third-order valence-electron chi connectivity index (χ3n) is 3.64. The van der Waals surface area contributed by atoms with Gasteiger partial charge in [0, 0.05) is 18.2 Å². The number of halogens is 2. The summed E-state index contributed by atoms with van der Waals surface area (Å²) in [7, 11) is 1.90. The van der Waals surface area contributed by atoms with Gasteiger partial charge >= 0.3 is 0 Å². The molecule has 2 aromatic rings. The molecule has 3 nitrogen and oxygen atoms in total. The Balaban J connectivity index is 2.38. The summed E-state index contributed by atoms with van der Waals surface area (Å²) >= 11 is 6.18. The quantitative estimate of drug-likeness (QED) is 0.766. The molecule has 0 fully saturated rings. The van der Waals surface area contributed by atoms with Crippen LogP contribution in [-0.4, -0.2) is 17.0 Å². The van der Waals surface area contributed by atoms with Gasteiger partial charge < -0.3 is 4.90 Å². The van der Waals surface area contributed by atoms with Gasteiger partial charge in [0.05, 0.1) is 6.04 Å². The molecule has 0 saturated heterocycles. The van der Waals surface area contributed by atoms with E-state index < -0.39 is 0 Å². The van der Waals surface area contributed by atoms with Crippen LogP contribution in [0, 0.1) is 5.82 Å². The third kappa shape index (κ3) is 3.32. The van der Waals surface area contributed by atoms with E-state index in [-0.39, 0.29) is 11.9 Å². The van der Waals surface area contributed by atoms with Gasteiger partial charge in [0.25, 0.3) is 0 Å². The maximum Gasteiger partial charge on any atom is 0.137 e. The summed E-state index contributed by atoms with van der Waals surface area (Å²) in [6.45, 7) is 4.03. The van der Waals surface area contributed by atoms with Gasteiger partial charge in [-0.15, -0.1) is 0 Å². The lowest BCUT2D eigenvalue weighted by Crippen LogP contribution is -2.25. The lowest BCUT2D eigenvalue weighted by atomic mass is 10.1. The second-order valence-corrected chi connectivity index (χ2v) is 5.38. The molecule has 0 bridgehead atoms. The van der Waals surface area contributed by atoms with Crippen molar-refractivity contribution in [2.24, 2.45) is 0 Å². The minimum absolute atomic E-state index is 0.146. The highest BCUT2D eigenvalue weighted by Gasteiger charge is 2.20. The highest BCUT2D eigenvalue weighted by Crippen LogP contribution is 2.30. The van der Waals surface area contributed by atoms with Crippen LogP contribution < -0.4 is 4.90 Å². The van der Waals surface area contributed by atoms with Crippen LogP contribution >= 0.6 is 11.6 Å². The van der Waals surface area contributed by atoms with E-state index in [9.17, 15) is 4.39 Å². The lowest BCUT2D eigenvalue weighted by molar-refractivity contribution is 0.583. The number of nitrogens with zero attached hydrogens (tertiary/aromatic N) is 3. The van der Waals surface area contributed by atoms with Gasteiger partial charge in [0.15, 0.2) is 0 Å². The first-order valence-electron chi connectivity index (χ1n) is 7.02. The Hall–Kier alpha value is -1.68. The van der Waals surface area contributed by atoms with E-state index in [0.717, 1.165) is 24.2 Å². The first-order valence-corrected chi connectivity index (χ1v) is 7.40. The summed E-state index contributed by atoms with van der Waals surface area (Å²) in [6.07, 6.45) is 3.19. The molecule has 1 unspecified atom stereocenters. The third-order valence-corrected chi connectivity index (χ3v) is 3.97. The zero-order chi connectivity index (χ0) is 15.4. The van der Waals surface area contributed by atoms with Crippen LogP contribution in [0.1, 0.15) is 37.4 Å². The van der Waals surface area contributed by atoms with E-state index >= 15 is 0 Å². The van der Waals surface area contributed by atoms with Gasteiger partial charge in [-0.3, -0.25) is 0 Å². The number of rotatable bonds is 5. The molecule has 1 atom stereocenters. The molecule has 0 aliphatic carbocycles. The summed E-state index contributed by atoms with van der Waals surface area (Å²) < 4.78 is 14.0. The Bertz CT molecular complexity index is 618. The SMILES string of the molecule is CCCc1c(Cl)ncnc1N(C)C(C)c1ccccc1F. The van der Waals surface area contributed by atoms with E-state index in [1.807, 2.05) is 24.9 Å². The fourth-order valence-corrected chi connectivity index (χ4v) is 2.58. The van der Waals surface area contributed by atoms with Crippen LogP contribution in [0.15, 0.2) is 30.6 Å². The number of hydrogen-bond acceptors (Lipinski definition) is 3. The maximum atomic E-state index is 14.0. The van der Waals surface area contributed by atoms with Gasteiger partial charge in [-0.2, -0.15) is 0 Å². The van der Waals surface area contributed by atoms with Crippen molar-refractivity contribution in [3.63, 3.8) is 0 Å². The van der Waals surface area contributed by atoms with Crippen molar-refractivity contribution in [2.45, 2.75) is 32.7 Å². The van der Waals surface area contributed by atoms with Crippen molar-refractivity contribution < 1.29 is 4.39 Å². The van der Waals surface area contributed by atoms with Crippen LogP contribution in [0.2, 0.25) is 5.15 Å². The van der Waals surface area contributed by atoms with Crippen LogP contribution in [0.3, 0.4) is 0 Å². The molecule has 112 valence electrons. The normalized spacial score (nSPS) is 12.2. The van der Waals surface area contributed by atoms with Gasteiger partial charge in [-0.1, -0.05) is 43.1 Å². The molecule has 0 amide bonds. The summed E-state index contributed by atoms with van der Waals surface area (Å²) in [5.41, 5.74) is 1.55. The molecule has 1 aromatic carbocycles. The van der Waals surface area contributed by atoms with Crippen molar-refractivity contribution in [3.8, 4) is 0 Å². The average molecular weight is 308 g/mol. The minimum atomic E-state index is -0.214. The summed E-state index contributed by atoms with van der Waals surface area (Å²) in [5, 5.41) is 0.467. The monoisotopic (exact) mass is 307 g/mol. The Morgan fingerprint density at radius 2 is 2.00 bits per heavy atom. The zero-order valence-electron chi connectivity index (χ0n) is 12.5. The number of benzene rings is 1. The van der Waals surface area contributed by atoms with Crippen LogP contribution in [0.4, 0.5) is 10.2 Å². The minimum Gasteiger partial charge on any atom is -0.352 e. The molecule has 0 saturated carbocycles. The maximum absolute atomic E-state index is 14.0. The number of hydrogen-bond donors (Lipinski definition) is 0. The molecule has 0 N–H and O–H groups in total. The largest absolute Gasteiger partial charge is 0.352 e. The molecular formula is C16H19ClFN3. The smallest absolute Gasteiger partial charge is 0.137 e. The van der Waals surface area contributed by atoms with E-state index in [2.05, 4.69) is 16.9 Å². The first kappa shape index (κ1) is 15.7. The molecule has 21 heavy (non-hydrogen) atoms. The number of aromatic nitrogens is 2. The Morgan fingerprint density at radius 3 is 2.67 bits per heavy atom. The predicted molar refractivity (Wildman–Crippen MR) is 84.3 cm³/mol. The van der Waals surface area contributed by atoms with Crippen molar-refractivity contribution in [1.82, 2.24) is 9.97 Å². The molecule has 1 heterocycles. The fraction of sp³-hybridized carbons (Fsp3) is 0.375. The highest BCUT2D eigenvalue weighted by molar-refractivity contribution is 6.30. The van der Waals surface area contributed by atoms with Crippen molar-refractivity contribution >= 4 is 17.4 Å². The zero-order valence-corrected chi connectivity index (χ0v) is 13.2. The van der Waals surface area contributed by atoms with E-state index in [4.69, 9.17) is 11.6 Å². The summed E-state index contributed by atoms with van der Waals surface area (Å²) in [4.78, 5) is 10.3. The van der Waals surface area contributed by atoms with E-state index in [0.29, 0.717) is 10.7 Å². The molecule has 0 aliphatic heterocycles. The second kappa shape index (κ2) is 6.85. The lowest BCUT2D eigenvalue weighted by Gasteiger charge is -2.28. The van der Waals surface area contributed by atoms with Gasteiger partial charge in [-0.25, -0.2) is 14.4 Å². The molecule has 1 aromatic heterocycles. The second-order valence-electron chi connectivity index (χ2n) is 5.03. The topological polar surface area (TPSA) is 29.0 Å². The summed E-state index contributed by atoms with van der Waals surface area (Å²) in [5.74, 6) is 0.543. The van der Waals surface area contributed by atoms with Crippen LogP contribution in [-0.2, 0) is 6.42 Å². The molecule has 5 heteroatoms.